The maximum absolute atomic E-state index is 9.93. The van der Waals surface area contributed by atoms with Crippen LogP contribution in [0.5, 0.6) is 0 Å². The van der Waals surface area contributed by atoms with Gasteiger partial charge in [0.1, 0.15) is 0 Å². The summed E-state index contributed by atoms with van der Waals surface area (Å²) in [6.07, 6.45) is 3.95. The highest BCUT2D eigenvalue weighted by Gasteiger charge is 2.25. The summed E-state index contributed by atoms with van der Waals surface area (Å²) in [7, 11) is 0. The lowest BCUT2D eigenvalue weighted by Crippen LogP contribution is -2.20. The molecular formula is C42H29N3. The van der Waals surface area contributed by atoms with Gasteiger partial charge in [0.25, 0.3) is 0 Å². The Morgan fingerprint density at radius 2 is 1.20 bits per heavy atom. The van der Waals surface area contributed by atoms with E-state index in [-0.39, 0.29) is 0 Å². The van der Waals surface area contributed by atoms with Crippen LogP contribution in [0.4, 0.5) is 0 Å². The van der Waals surface area contributed by atoms with E-state index in [1.165, 1.54) is 16.3 Å². The largest absolute Gasteiger partial charge is 0.353 e. The van der Waals surface area contributed by atoms with Gasteiger partial charge in [-0.15, -0.1) is 0 Å². The van der Waals surface area contributed by atoms with Gasteiger partial charge >= 0.3 is 0 Å². The number of nitrogens with one attached hydrogen (secondary N) is 2. The van der Waals surface area contributed by atoms with E-state index < -0.39 is 0 Å². The molecule has 8 rings (SSSR count). The Morgan fingerprint density at radius 1 is 0.533 bits per heavy atom. The summed E-state index contributed by atoms with van der Waals surface area (Å²) < 4.78 is 0. The van der Waals surface area contributed by atoms with Gasteiger partial charge in [-0.25, -0.2) is 0 Å². The summed E-state index contributed by atoms with van der Waals surface area (Å²) in [5.41, 5.74) is 10.3. The first-order valence-corrected chi connectivity index (χ1v) is 15.1. The smallest absolute Gasteiger partial charge is 0.0864 e. The van der Waals surface area contributed by atoms with E-state index in [1.807, 2.05) is 42.6 Å². The highest BCUT2D eigenvalue weighted by atomic mass is 14.9. The molecule has 1 aromatic heterocycles. The van der Waals surface area contributed by atoms with Crippen molar-refractivity contribution in [2.24, 2.45) is 0 Å². The minimum absolute atomic E-state index is 0.460. The van der Waals surface area contributed by atoms with Crippen molar-refractivity contribution in [3.63, 3.8) is 0 Å². The molecule has 3 heteroatoms. The van der Waals surface area contributed by atoms with Crippen LogP contribution in [-0.2, 0) is 0 Å². The van der Waals surface area contributed by atoms with Crippen LogP contribution < -0.4 is 5.32 Å². The number of nitrogens with zero attached hydrogens (tertiary/aromatic N) is 1. The molecule has 0 spiro atoms. The summed E-state index contributed by atoms with van der Waals surface area (Å²) in [4.78, 5) is 4.64. The SMILES string of the molecule is N=C(/C(=C1\NC(c2ccccn2)=Cc2ccccc21)c1ccccc1)c1ccc(-c2cccc3ccccc23)c2ccccc12. The third-order valence-electron chi connectivity index (χ3n) is 8.57. The number of allylic oxidation sites excluding steroid dienone is 1. The van der Waals surface area contributed by atoms with Gasteiger partial charge in [-0.05, 0) is 62.0 Å². The number of fused-ring (bicyclic) bond motifs is 3. The lowest BCUT2D eigenvalue weighted by Gasteiger charge is -2.26. The number of hydrogen-bond acceptors (Lipinski definition) is 3. The van der Waals surface area contributed by atoms with Gasteiger partial charge in [0.15, 0.2) is 0 Å². The fourth-order valence-corrected chi connectivity index (χ4v) is 6.47. The van der Waals surface area contributed by atoms with E-state index >= 15 is 0 Å². The summed E-state index contributed by atoms with van der Waals surface area (Å²) in [6.45, 7) is 0. The zero-order chi connectivity index (χ0) is 30.2. The highest BCUT2D eigenvalue weighted by molar-refractivity contribution is 6.39. The second kappa shape index (κ2) is 11.2. The lowest BCUT2D eigenvalue weighted by molar-refractivity contribution is 1.16. The Labute approximate surface area is 262 Å². The molecule has 212 valence electrons. The number of hydrogen-bond donors (Lipinski definition) is 2. The predicted molar refractivity (Wildman–Crippen MR) is 189 cm³/mol. The Bertz CT molecular complexity index is 2290. The minimum Gasteiger partial charge on any atom is -0.353 e. The normalized spacial score (nSPS) is 13.6. The van der Waals surface area contributed by atoms with Crippen molar-refractivity contribution in [1.29, 1.82) is 5.41 Å². The van der Waals surface area contributed by atoms with Crippen LogP contribution in [0.3, 0.4) is 0 Å². The first-order valence-electron chi connectivity index (χ1n) is 15.1. The van der Waals surface area contributed by atoms with Gasteiger partial charge in [-0.3, -0.25) is 10.4 Å². The molecule has 0 unspecified atom stereocenters. The third-order valence-corrected chi connectivity index (χ3v) is 8.57. The highest BCUT2D eigenvalue weighted by Crippen LogP contribution is 2.39. The molecule has 0 amide bonds. The fourth-order valence-electron chi connectivity index (χ4n) is 6.47. The maximum atomic E-state index is 9.93. The molecule has 0 atom stereocenters. The standard InChI is InChI=1S/C42H29N3/c43-41(37-25-24-36(34-20-8-9-21-35(34)37)33-22-12-17-28-13-4-6-18-31(28)33)40(29-14-2-1-3-15-29)42-32-19-7-5-16-30(32)27-39(45-42)38-23-10-11-26-44-38/h1-27,43,45H/b42-40-,43-41?. The van der Waals surface area contributed by atoms with Gasteiger partial charge < -0.3 is 5.32 Å². The molecule has 0 bridgehead atoms. The number of pyridine rings is 1. The first-order chi connectivity index (χ1) is 22.3. The molecule has 0 aliphatic carbocycles. The molecule has 2 heterocycles. The molecule has 3 nitrogen and oxygen atoms in total. The quantitative estimate of drug-likeness (QED) is 0.201. The predicted octanol–water partition coefficient (Wildman–Crippen LogP) is 10.1. The molecule has 0 fully saturated rings. The summed E-state index contributed by atoms with van der Waals surface area (Å²) in [5.74, 6) is 0. The third kappa shape index (κ3) is 4.72. The molecule has 0 saturated heterocycles. The van der Waals surface area contributed by atoms with E-state index in [0.29, 0.717) is 5.71 Å². The number of benzene rings is 6. The van der Waals surface area contributed by atoms with Crippen molar-refractivity contribution in [3.05, 3.63) is 186 Å². The summed E-state index contributed by atoms with van der Waals surface area (Å²) in [5, 5.41) is 18.3. The van der Waals surface area contributed by atoms with Gasteiger partial charge in [0.2, 0.25) is 0 Å². The Kier molecular flexibility index (Phi) is 6.62. The molecule has 45 heavy (non-hydrogen) atoms. The monoisotopic (exact) mass is 575 g/mol. The van der Waals surface area contributed by atoms with Crippen LogP contribution in [0.1, 0.15) is 27.9 Å². The van der Waals surface area contributed by atoms with Crippen molar-refractivity contribution < 1.29 is 0 Å². The molecular weight excluding hydrogens is 546 g/mol. The molecule has 1 aliphatic heterocycles. The Morgan fingerprint density at radius 3 is 2.04 bits per heavy atom. The van der Waals surface area contributed by atoms with E-state index in [9.17, 15) is 5.41 Å². The number of aromatic nitrogens is 1. The van der Waals surface area contributed by atoms with Gasteiger partial charge in [0, 0.05) is 22.9 Å². The van der Waals surface area contributed by atoms with Crippen LogP contribution in [-0.4, -0.2) is 10.7 Å². The first kappa shape index (κ1) is 26.6. The molecule has 6 aromatic carbocycles. The Balaban J connectivity index is 1.36. The zero-order valence-corrected chi connectivity index (χ0v) is 24.5. The van der Waals surface area contributed by atoms with E-state index in [0.717, 1.165) is 61.3 Å². The van der Waals surface area contributed by atoms with Crippen LogP contribution in [0.15, 0.2) is 158 Å². The van der Waals surface area contributed by atoms with Gasteiger partial charge in [-0.2, -0.15) is 0 Å². The van der Waals surface area contributed by atoms with Crippen LogP contribution in [0.25, 0.3) is 55.7 Å². The number of rotatable bonds is 5. The van der Waals surface area contributed by atoms with Crippen LogP contribution in [0.2, 0.25) is 0 Å². The van der Waals surface area contributed by atoms with E-state index in [2.05, 4.69) is 132 Å². The topological polar surface area (TPSA) is 48.8 Å². The second-order valence-corrected chi connectivity index (χ2v) is 11.2. The van der Waals surface area contributed by atoms with Crippen LogP contribution in [0, 0.1) is 5.41 Å². The average Bonchev–Trinajstić information content (AvgIpc) is 3.12. The molecule has 0 radical (unpaired) electrons. The van der Waals surface area contributed by atoms with Crippen molar-refractivity contribution in [1.82, 2.24) is 10.3 Å². The average molecular weight is 576 g/mol. The Hall–Kier alpha value is -6.06. The maximum Gasteiger partial charge on any atom is 0.0864 e. The molecule has 7 aromatic rings. The van der Waals surface area contributed by atoms with Gasteiger partial charge in [-0.1, -0.05) is 140 Å². The van der Waals surface area contributed by atoms with E-state index in [4.69, 9.17) is 0 Å². The van der Waals surface area contributed by atoms with Crippen molar-refractivity contribution in [3.8, 4) is 11.1 Å². The zero-order valence-electron chi connectivity index (χ0n) is 24.5. The minimum atomic E-state index is 0.460. The van der Waals surface area contributed by atoms with E-state index in [1.54, 1.807) is 0 Å². The molecule has 0 saturated carbocycles. The van der Waals surface area contributed by atoms with Gasteiger partial charge in [0.05, 0.1) is 22.8 Å². The molecule has 1 aliphatic rings. The summed E-state index contributed by atoms with van der Waals surface area (Å²) in [6, 6.07) is 52.3. The van der Waals surface area contributed by atoms with Crippen LogP contribution >= 0.6 is 0 Å². The van der Waals surface area contributed by atoms with Crippen molar-refractivity contribution >= 4 is 50.3 Å². The van der Waals surface area contributed by atoms with Crippen molar-refractivity contribution in [2.45, 2.75) is 0 Å². The van der Waals surface area contributed by atoms with Crippen molar-refractivity contribution in [2.75, 3.05) is 0 Å². The second-order valence-electron chi connectivity index (χ2n) is 11.2. The fraction of sp³-hybridized carbons (Fsp3) is 0. The summed E-state index contributed by atoms with van der Waals surface area (Å²) >= 11 is 0. The lowest BCUT2D eigenvalue weighted by atomic mass is 9.85. The molecule has 2 N–H and O–H groups in total.